The smallest absolute Gasteiger partial charge is 0.870 e. The van der Waals surface area contributed by atoms with Gasteiger partial charge in [-0.15, -0.1) is 22.7 Å². The number of alkyl halides is 1. The van der Waals surface area contributed by atoms with Gasteiger partial charge in [0.15, 0.2) is 19.9 Å². The Morgan fingerprint density at radius 3 is 1.31 bits per heavy atom. The molecule has 127 heavy (non-hydrogen) atoms. The fourth-order valence-electron chi connectivity index (χ4n) is 17.1. The SMILES string of the molecule is C1COCCO1.CC1(C)OB(c2ccc(CBr)cc2)OC1(C)C.CCOP(C)(=O)Cc1ccc(-c2cc(N(C(=O)C3CCC(C)CC3)C3CCC4(CC3)OCCO4)c(C(=O)OC)s2)cc1.CCOP(C)(=O)Cc1ccc(B2OC(C)(C)C(C)(C)O2)cc1.CCOP(C)OCC.COC(=O)c1sc(I)cc1C(C(=O)C1CCC(C)CC1)C1CCC2(CC1)OCCO2.[Li+].[OH-]. The van der Waals surface area contributed by atoms with Crippen molar-refractivity contribution in [2.24, 2.45) is 29.6 Å². The normalized spacial score (nSPS) is 23.5. The average Bonchev–Trinajstić information content (AvgIpc) is 1.70. The quantitative estimate of drug-likeness (QED) is 0.0172. The van der Waals surface area contributed by atoms with Crippen molar-refractivity contribution < 1.29 is 127 Å². The molecule has 0 bridgehead atoms. The molecular weight excluding hydrogens is 1890 g/mol. The van der Waals surface area contributed by atoms with Crippen LogP contribution in [-0.4, -0.2) is 197 Å². The van der Waals surface area contributed by atoms with E-state index in [0.29, 0.717) is 85.0 Å². The molecular formula is C93H141B2BrILiNO23P3S2. The average molecular weight is 2030 g/mol. The predicted octanol–water partition coefficient (Wildman–Crippen LogP) is 18.2. The molecule has 1 amide bonds. The second kappa shape index (κ2) is 51.5. The zero-order valence-corrected chi connectivity index (χ0v) is 87.0. The van der Waals surface area contributed by atoms with E-state index < -0.39 is 40.7 Å². The van der Waals surface area contributed by atoms with Crippen molar-refractivity contribution in [3.63, 3.8) is 0 Å². The van der Waals surface area contributed by atoms with Crippen LogP contribution in [0.1, 0.15) is 247 Å². The summed E-state index contributed by atoms with van der Waals surface area (Å²) in [6.07, 6.45) is 15.1. The molecule has 9 aliphatic rings. The summed E-state index contributed by atoms with van der Waals surface area (Å²) in [6.45, 7) is 41.9. The number of thiophene rings is 2. The number of carbonyl (C=O) groups is 4. The number of Topliss-reactive ketones (excluding diaryl/α,β-unsaturated/α-hetero) is 1. The van der Waals surface area contributed by atoms with Gasteiger partial charge in [-0.1, -0.05) is 115 Å². The molecule has 2 spiro atoms. The van der Waals surface area contributed by atoms with Gasteiger partial charge in [0.05, 0.1) is 124 Å². The summed E-state index contributed by atoms with van der Waals surface area (Å²) in [4.78, 5) is 57.7. The van der Waals surface area contributed by atoms with Gasteiger partial charge in [-0.25, -0.2) is 9.59 Å². The Hall–Kier alpha value is -2.63. The van der Waals surface area contributed by atoms with Crippen LogP contribution in [0.25, 0.3) is 10.4 Å². The number of anilines is 1. The van der Waals surface area contributed by atoms with Crippen LogP contribution in [0.15, 0.2) is 84.9 Å². The largest absolute Gasteiger partial charge is 1.00 e. The topological polar surface area (TPSA) is 283 Å². The molecule has 5 aromatic rings. The molecule has 5 saturated heterocycles. The summed E-state index contributed by atoms with van der Waals surface area (Å²) in [5.74, 6) is 0.0294. The molecule has 1 N–H and O–H groups in total. The van der Waals surface area contributed by atoms with Gasteiger partial charge in [0.2, 0.25) is 20.6 Å². The van der Waals surface area contributed by atoms with Crippen molar-refractivity contribution in [2.45, 2.75) is 263 Å². The minimum Gasteiger partial charge on any atom is -0.870 e. The third kappa shape index (κ3) is 31.7. The molecule has 0 radical (unpaired) electrons. The molecule has 4 aliphatic carbocycles. The minimum atomic E-state index is -2.71. The van der Waals surface area contributed by atoms with Crippen LogP contribution >= 0.6 is 84.3 Å². The van der Waals surface area contributed by atoms with Crippen molar-refractivity contribution in [1.29, 1.82) is 0 Å². The minimum absolute atomic E-state index is 0. The van der Waals surface area contributed by atoms with Crippen molar-refractivity contribution in [2.75, 3.05) is 118 Å². The molecule has 14 rings (SSSR count). The van der Waals surface area contributed by atoms with Crippen molar-refractivity contribution in [1.82, 2.24) is 0 Å². The van der Waals surface area contributed by atoms with Crippen molar-refractivity contribution in [3.05, 3.63) is 120 Å². The van der Waals surface area contributed by atoms with Crippen LogP contribution in [0, 0.1) is 32.5 Å². The third-order valence-corrected chi connectivity index (χ3v) is 34.0. The van der Waals surface area contributed by atoms with E-state index in [-0.39, 0.29) is 103 Å². The number of amides is 1. The molecule has 3 unspecified atom stereocenters. The van der Waals surface area contributed by atoms with E-state index in [1.54, 1.807) is 13.3 Å². The van der Waals surface area contributed by atoms with E-state index in [1.165, 1.54) is 42.5 Å². The van der Waals surface area contributed by atoms with Gasteiger partial charge in [0.1, 0.15) is 15.5 Å². The Morgan fingerprint density at radius 1 is 0.535 bits per heavy atom. The van der Waals surface area contributed by atoms with Crippen LogP contribution in [0.5, 0.6) is 0 Å². The fourth-order valence-corrected chi connectivity index (χ4v) is 24.3. The maximum atomic E-state index is 14.3. The first-order chi connectivity index (χ1) is 59.3. The molecule has 9 fully saturated rings. The Kier molecular flexibility index (Phi) is 45.2. The number of hydrogen-bond donors (Lipinski definition) is 0. The third-order valence-electron chi connectivity index (χ3n) is 25.6. The number of halogens is 2. The van der Waals surface area contributed by atoms with E-state index in [9.17, 15) is 28.3 Å². The first-order valence-electron chi connectivity index (χ1n) is 44.9. The molecule has 7 heterocycles. The summed E-state index contributed by atoms with van der Waals surface area (Å²) >= 11 is 8.47. The Labute approximate surface area is 801 Å². The van der Waals surface area contributed by atoms with Gasteiger partial charge >= 0.3 is 45.0 Å². The van der Waals surface area contributed by atoms with Gasteiger partial charge in [-0.3, -0.25) is 18.7 Å². The number of methoxy groups -OCH3 is 2. The standard InChI is InChI=1S/C32H44NO7PS.C23H31IO5S.C16H26BO4P.C13H18BBrO2.C5H13O2P.C4H8O2.Li.H2O/c1-5-40-41(4,36)21-23-8-12-24(13-9-23)28-20-27(29(42-28)31(35)37-3)33(30(34)25-10-6-22(2)7-11-25)26-14-16-32(17-15-26)38-18-19-39-32;1-14-3-5-16(6-4-14)20(25)19(17-13-18(24)30-21(17)22(26)27-2)15-7-9-23(10-8-15)28-11-12-29-23;1-7-19-22(6,18)12-13-8-10-14(11-9-13)17-20-15(2,3)16(4,5)21-17;1-12(2)13(3,4)17-14(16-12)11-7-5-10(9-15)6-8-11;1-4-6-8(3)7-5-2;1-2-6-4-3-5-1;;/h8-9,12-13,20,22,25-26H,5-7,10-11,14-19,21H2,1-4H3;13-16,19H,3-12H2,1-2H3;8-11H,7,12H2,1-6H3;5-8H,9H2,1-4H3;4-5H2,1-3H3;1-4H2;;1H2/q;;;;;;+1;/p-1. The number of nitrogens with zero attached hydrogens (tertiary/aromatic N) is 1. The molecule has 4 saturated carbocycles. The predicted molar refractivity (Wildman–Crippen MR) is 515 cm³/mol. The summed E-state index contributed by atoms with van der Waals surface area (Å²) in [5, 5.41) is 0.872. The van der Waals surface area contributed by atoms with E-state index in [0.717, 1.165) is 189 Å². The fraction of sp³-hybridized carbons (Fsp3) is 0.677. The van der Waals surface area contributed by atoms with Crippen molar-refractivity contribution in [3.8, 4) is 10.4 Å². The summed E-state index contributed by atoms with van der Waals surface area (Å²) in [6, 6.07) is 28.0. The molecule has 2 aromatic heterocycles. The molecule has 5 aliphatic heterocycles. The van der Waals surface area contributed by atoms with E-state index in [4.69, 9.17) is 74.6 Å². The number of carbonyl (C=O) groups excluding carboxylic acids is 4. The van der Waals surface area contributed by atoms with Gasteiger partial charge in [0.25, 0.3) is 0 Å². The first kappa shape index (κ1) is 111. The number of hydrogen-bond acceptors (Lipinski definition) is 25. The van der Waals surface area contributed by atoms with Gasteiger partial charge in [0, 0.05) is 92.0 Å². The summed E-state index contributed by atoms with van der Waals surface area (Å²) in [7, 11) is -3.67. The van der Waals surface area contributed by atoms with E-state index >= 15 is 0 Å². The number of rotatable bonds is 25. The van der Waals surface area contributed by atoms with E-state index in [1.807, 2.05) is 128 Å². The number of benzene rings is 3. The van der Waals surface area contributed by atoms with Crippen molar-refractivity contribution >= 4 is 139 Å². The number of ether oxygens (including phenoxy) is 8. The summed E-state index contributed by atoms with van der Waals surface area (Å²) < 4.78 is 115. The monoisotopic (exact) mass is 2030 g/mol. The van der Waals surface area contributed by atoms with Crippen LogP contribution in [0.2, 0.25) is 0 Å². The second-order valence-corrected chi connectivity index (χ2v) is 47.3. The first-order valence-corrected chi connectivity index (χ1v) is 54.9. The van der Waals surface area contributed by atoms with Crippen LogP contribution in [-0.2, 0) is 111 Å². The Balaban J connectivity index is 0.000000228. The molecule has 34 heteroatoms. The maximum Gasteiger partial charge on any atom is 1.00 e. The number of ketones is 1. The zero-order chi connectivity index (χ0) is 91.1. The zero-order valence-electron chi connectivity index (χ0n) is 79.0. The maximum absolute atomic E-state index is 14.3. The van der Waals surface area contributed by atoms with Crippen LogP contribution in [0.3, 0.4) is 0 Å². The van der Waals surface area contributed by atoms with Gasteiger partial charge < -0.3 is 85.0 Å². The summed E-state index contributed by atoms with van der Waals surface area (Å²) in [5.41, 5.74) is 6.46. The van der Waals surface area contributed by atoms with Gasteiger partial charge in [-0.05, 0) is 239 Å². The molecule has 3 atom stereocenters. The molecule has 24 nitrogen and oxygen atoms in total. The number of esters is 2. The second-order valence-electron chi connectivity index (χ2n) is 36.1. The Morgan fingerprint density at radius 2 is 0.921 bits per heavy atom. The Bertz CT molecular complexity index is 4240. The van der Waals surface area contributed by atoms with Crippen LogP contribution in [0.4, 0.5) is 5.69 Å². The van der Waals surface area contributed by atoms with Crippen LogP contribution < -0.4 is 34.7 Å². The van der Waals surface area contributed by atoms with Gasteiger partial charge in [-0.2, -0.15) is 0 Å². The molecule has 3 aromatic carbocycles. The van der Waals surface area contributed by atoms with E-state index in [2.05, 4.69) is 104 Å². The molecule has 704 valence electrons.